The van der Waals surface area contributed by atoms with Gasteiger partial charge in [-0.1, -0.05) is 30.3 Å². The summed E-state index contributed by atoms with van der Waals surface area (Å²) in [5.41, 5.74) is 2.03. The van der Waals surface area contributed by atoms with Crippen molar-refractivity contribution in [2.75, 3.05) is 18.5 Å². The summed E-state index contributed by atoms with van der Waals surface area (Å²) in [6.45, 7) is 6.31. The van der Waals surface area contributed by atoms with Gasteiger partial charge in [-0.3, -0.25) is 0 Å². The van der Waals surface area contributed by atoms with E-state index in [1.165, 1.54) is 0 Å². The maximum absolute atomic E-state index is 12.1. The van der Waals surface area contributed by atoms with Gasteiger partial charge in [0.25, 0.3) is 0 Å². The normalized spacial score (nSPS) is 10.2. The summed E-state index contributed by atoms with van der Waals surface area (Å²) in [6.07, 6.45) is 1.72. The number of rotatable bonds is 5. The Morgan fingerprint density at radius 3 is 2.95 bits per heavy atom. The highest BCUT2D eigenvalue weighted by molar-refractivity contribution is 6.03. The highest BCUT2D eigenvalue weighted by Crippen LogP contribution is 2.31. The van der Waals surface area contributed by atoms with Crippen LogP contribution in [0.15, 0.2) is 43.0 Å². The van der Waals surface area contributed by atoms with E-state index in [1.54, 1.807) is 13.0 Å². The van der Waals surface area contributed by atoms with Crippen LogP contribution in [0.3, 0.4) is 0 Å². The molecule has 0 saturated heterocycles. The van der Waals surface area contributed by atoms with Crippen LogP contribution >= 0.6 is 0 Å². The number of esters is 1. The van der Waals surface area contributed by atoms with Gasteiger partial charge in [-0.15, -0.1) is 6.58 Å². The maximum atomic E-state index is 12.1. The third-order valence-electron chi connectivity index (χ3n) is 2.65. The molecule has 1 aliphatic carbocycles. The summed E-state index contributed by atoms with van der Waals surface area (Å²) < 4.78 is 5.10. The van der Waals surface area contributed by atoms with Crippen molar-refractivity contribution in [1.29, 1.82) is 0 Å². The number of aromatic nitrogens is 1. The molecule has 0 fully saturated rings. The third kappa shape index (κ3) is 2.73. The van der Waals surface area contributed by atoms with Gasteiger partial charge in [-0.25, -0.2) is 9.78 Å². The second-order valence-corrected chi connectivity index (χ2v) is 3.94. The molecule has 0 aromatic carbocycles. The number of anilines is 1. The van der Waals surface area contributed by atoms with Crippen LogP contribution in [-0.4, -0.2) is 24.1 Å². The van der Waals surface area contributed by atoms with Crippen LogP contribution in [0, 0.1) is 0 Å². The zero-order chi connectivity index (χ0) is 13.7. The molecule has 0 atom stereocenters. The number of nitrogens with one attached hydrogen (secondary N) is 1. The van der Waals surface area contributed by atoms with Crippen molar-refractivity contribution in [1.82, 2.24) is 4.98 Å². The van der Waals surface area contributed by atoms with Crippen LogP contribution in [0.4, 0.5) is 5.82 Å². The predicted octanol–water partition coefficient (Wildman–Crippen LogP) is 2.96. The molecule has 4 heteroatoms. The van der Waals surface area contributed by atoms with Gasteiger partial charge in [0.2, 0.25) is 0 Å². The second-order valence-electron chi connectivity index (χ2n) is 3.94. The molecule has 0 aromatic rings. The molecule has 19 heavy (non-hydrogen) atoms. The van der Waals surface area contributed by atoms with Crippen LogP contribution in [0.2, 0.25) is 0 Å². The van der Waals surface area contributed by atoms with E-state index in [-0.39, 0.29) is 5.97 Å². The topological polar surface area (TPSA) is 51.2 Å². The fraction of sp³-hybridized carbons (Fsp3) is 0.200. The molecule has 2 aliphatic rings. The van der Waals surface area contributed by atoms with Crippen LogP contribution in [0.25, 0.3) is 11.3 Å². The molecule has 0 unspecified atom stereocenters. The Balaban J connectivity index is 2.51. The zero-order valence-corrected chi connectivity index (χ0v) is 10.8. The Morgan fingerprint density at radius 2 is 2.21 bits per heavy atom. The van der Waals surface area contributed by atoms with Gasteiger partial charge in [-0.05, 0) is 13.0 Å². The number of carbonyl (C=O) groups excluding carboxylic acids is 1. The molecule has 0 bridgehead atoms. The minimum absolute atomic E-state index is 0.339. The lowest BCUT2D eigenvalue weighted by Gasteiger charge is -2.04. The third-order valence-corrected chi connectivity index (χ3v) is 2.65. The van der Waals surface area contributed by atoms with Crippen LogP contribution < -0.4 is 5.32 Å². The lowest BCUT2D eigenvalue weighted by atomic mass is 10.1. The highest BCUT2D eigenvalue weighted by atomic mass is 16.5. The Hall–Kier alpha value is -2.36. The largest absolute Gasteiger partial charge is 0.462 e. The van der Waals surface area contributed by atoms with Gasteiger partial charge in [0, 0.05) is 12.1 Å². The molecule has 0 spiro atoms. The first-order valence-electron chi connectivity index (χ1n) is 6.18. The average Bonchev–Trinajstić information content (AvgIpc) is 2.58. The summed E-state index contributed by atoms with van der Waals surface area (Å²) in [7, 11) is 0. The van der Waals surface area contributed by atoms with Gasteiger partial charge < -0.3 is 10.1 Å². The van der Waals surface area contributed by atoms with Gasteiger partial charge >= 0.3 is 5.97 Å². The van der Waals surface area contributed by atoms with E-state index in [4.69, 9.17) is 4.74 Å². The number of carbonyl (C=O) groups is 1. The van der Waals surface area contributed by atoms with Gasteiger partial charge in [0.15, 0.2) is 0 Å². The molecule has 0 saturated carbocycles. The Bertz CT molecular complexity index is 566. The fourth-order valence-electron chi connectivity index (χ4n) is 1.86. The van der Waals surface area contributed by atoms with Crippen molar-refractivity contribution in [2.45, 2.75) is 6.92 Å². The van der Waals surface area contributed by atoms with Gasteiger partial charge in [0.1, 0.15) is 11.4 Å². The Morgan fingerprint density at radius 1 is 1.42 bits per heavy atom. The van der Waals surface area contributed by atoms with Crippen molar-refractivity contribution in [3.8, 4) is 11.3 Å². The number of hydrogen-bond donors (Lipinski definition) is 1. The minimum atomic E-state index is -0.359. The van der Waals surface area contributed by atoms with Crippen molar-refractivity contribution in [2.24, 2.45) is 0 Å². The molecule has 98 valence electrons. The standard InChI is InChI=1S/C15H16N2O2/c1-3-10-16-14-13(15(18)19-4-2)11-8-6-5-7-9-12(11)17-14/h3,5-9H,1,4,10H2,2H3,(H,16,17). The molecule has 0 radical (unpaired) electrons. The molecule has 0 aromatic heterocycles. The molecule has 2 rings (SSSR count). The Labute approximate surface area is 112 Å². The van der Waals surface area contributed by atoms with E-state index >= 15 is 0 Å². The van der Waals surface area contributed by atoms with E-state index in [0.29, 0.717) is 24.5 Å². The number of nitrogens with zero attached hydrogens (tertiary/aromatic N) is 1. The van der Waals surface area contributed by atoms with E-state index in [0.717, 1.165) is 11.3 Å². The Kier molecular flexibility index (Phi) is 4.13. The lowest BCUT2D eigenvalue weighted by Crippen LogP contribution is -2.09. The maximum Gasteiger partial charge on any atom is 0.342 e. The summed E-state index contributed by atoms with van der Waals surface area (Å²) in [5.74, 6) is 0.183. The molecule has 1 N–H and O–H groups in total. The minimum Gasteiger partial charge on any atom is -0.462 e. The molecule has 1 heterocycles. The first kappa shape index (κ1) is 13.1. The summed E-state index contributed by atoms with van der Waals surface area (Å²) >= 11 is 0. The lowest BCUT2D eigenvalue weighted by molar-refractivity contribution is 0.0528. The van der Waals surface area contributed by atoms with E-state index in [9.17, 15) is 4.79 Å². The number of ether oxygens (including phenoxy) is 1. The number of hydrogen-bond acceptors (Lipinski definition) is 4. The predicted molar refractivity (Wildman–Crippen MR) is 75.5 cm³/mol. The quantitative estimate of drug-likeness (QED) is 0.660. The van der Waals surface area contributed by atoms with Crippen molar-refractivity contribution in [3.05, 3.63) is 48.6 Å². The van der Waals surface area contributed by atoms with E-state index in [2.05, 4.69) is 16.9 Å². The fourth-order valence-corrected chi connectivity index (χ4v) is 1.86. The van der Waals surface area contributed by atoms with Crippen LogP contribution in [0.5, 0.6) is 0 Å². The summed E-state index contributed by atoms with van der Waals surface area (Å²) in [6, 6.07) is 9.41. The van der Waals surface area contributed by atoms with Crippen LogP contribution in [0.1, 0.15) is 17.3 Å². The highest BCUT2D eigenvalue weighted by Gasteiger charge is 2.23. The number of fused-ring (bicyclic) bond motifs is 1. The molecule has 1 aliphatic heterocycles. The molecule has 4 nitrogen and oxygen atoms in total. The molecular formula is C15H16N2O2. The second kappa shape index (κ2) is 6.00. The van der Waals surface area contributed by atoms with Crippen molar-refractivity contribution in [3.63, 3.8) is 0 Å². The first-order chi connectivity index (χ1) is 9.27. The summed E-state index contributed by atoms with van der Waals surface area (Å²) in [4.78, 5) is 16.5. The SMILES string of the molecule is C=CCNc1nc2cccccc-2c1C(=O)OCC. The van der Waals surface area contributed by atoms with E-state index < -0.39 is 0 Å². The average molecular weight is 256 g/mol. The van der Waals surface area contributed by atoms with Crippen LogP contribution in [-0.2, 0) is 4.74 Å². The van der Waals surface area contributed by atoms with Crippen molar-refractivity contribution < 1.29 is 9.53 Å². The van der Waals surface area contributed by atoms with Gasteiger partial charge in [0.05, 0.1) is 12.3 Å². The monoisotopic (exact) mass is 256 g/mol. The molecule has 0 amide bonds. The van der Waals surface area contributed by atoms with Crippen molar-refractivity contribution >= 4 is 11.8 Å². The smallest absolute Gasteiger partial charge is 0.342 e. The summed E-state index contributed by atoms with van der Waals surface area (Å²) in [5, 5.41) is 3.07. The molecular weight excluding hydrogens is 240 g/mol. The zero-order valence-electron chi connectivity index (χ0n) is 10.8. The van der Waals surface area contributed by atoms with E-state index in [1.807, 2.05) is 30.3 Å². The van der Waals surface area contributed by atoms with Gasteiger partial charge in [-0.2, -0.15) is 0 Å². The first-order valence-corrected chi connectivity index (χ1v) is 6.18.